The molecule has 17 heavy (non-hydrogen) atoms. The van der Waals surface area contributed by atoms with Gasteiger partial charge in [-0.05, 0) is 25.1 Å². The molecule has 0 spiro atoms. The van der Waals surface area contributed by atoms with Gasteiger partial charge >= 0.3 is 7.12 Å². The lowest BCUT2D eigenvalue weighted by Gasteiger charge is -2.27. The Morgan fingerprint density at radius 3 is 2.82 bits per heavy atom. The Labute approximate surface area is 101 Å². The van der Waals surface area contributed by atoms with Crippen molar-refractivity contribution < 1.29 is 19.6 Å². The van der Waals surface area contributed by atoms with Crippen molar-refractivity contribution in [3.05, 3.63) is 29.3 Å². The summed E-state index contributed by atoms with van der Waals surface area (Å²) in [6.45, 7) is 0. The number of aliphatic hydroxyl groups is 1. The summed E-state index contributed by atoms with van der Waals surface area (Å²) in [6.07, 6.45) is 1.40. The van der Waals surface area contributed by atoms with Gasteiger partial charge in [-0.25, -0.2) is 0 Å². The molecule has 6 heteroatoms. The highest BCUT2D eigenvalue weighted by atomic mass is 16.5. The molecule has 1 aromatic carbocycles. The molecular weight excluding hydrogens is 221 g/mol. The second-order valence-electron chi connectivity index (χ2n) is 3.56. The normalized spacial score (nSPS) is 17.4. The van der Waals surface area contributed by atoms with Crippen LogP contribution in [0, 0.1) is 0 Å². The van der Waals surface area contributed by atoms with E-state index in [2.05, 4.69) is 5.32 Å². The lowest BCUT2D eigenvalue weighted by Crippen LogP contribution is -2.49. The average molecular weight is 237 g/mol. The quantitative estimate of drug-likeness (QED) is 0.484. The molecule has 0 aromatic heterocycles. The van der Waals surface area contributed by atoms with Crippen molar-refractivity contribution in [3.63, 3.8) is 0 Å². The Bertz CT molecular complexity index is 386. The SMILES string of the molecule is CNC1Cc2cccc(C=O)c2OB1O.CO. The zero-order chi connectivity index (χ0) is 12.8. The van der Waals surface area contributed by atoms with Crippen molar-refractivity contribution in [3.8, 4) is 5.75 Å². The number of para-hydroxylation sites is 1. The zero-order valence-corrected chi connectivity index (χ0v) is 9.88. The van der Waals surface area contributed by atoms with Gasteiger partial charge in [0.25, 0.3) is 0 Å². The first-order chi connectivity index (χ1) is 8.26. The molecule has 0 saturated heterocycles. The van der Waals surface area contributed by atoms with Crippen molar-refractivity contribution in [2.45, 2.75) is 12.4 Å². The largest absolute Gasteiger partial charge is 0.541 e. The van der Waals surface area contributed by atoms with Crippen LogP contribution in [0.4, 0.5) is 0 Å². The minimum absolute atomic E-state index is 0.126. The van der Waals surface area contributed by atoms with Crippen molar-refractivity contribution in [1.82, 2.24) is 5.32 Å². The molecule has 0 saturated carbocycles. The lowest BCUT2D eigenvalue weighted by molar-refractivity contribution is 0.112. The number of carbonyl (C=O) groups is 1. The predicted molar refractivity (Wildman–Crippen MR) is 65.1 cm³/mol. The van der Waals surface area contributed by atoms with Gasteiger partial charge in [0.2, 0.25) is 0 Å². The van der Waals surface area contributed by atoms with E-state index in [1.807, 2.05) is 12.1 Å². The first-order valence-electron chi connectivity index (χ1n) is 5.30. The number of hydrogen-bond donors (Lipinski definition) is 3. The molecule has 3 N–H and O–H groups in total. The summed E-state index contributed by atoms with van der Waals surface area (Å²) in [5.74, 6) is 0.380. The summed E-state index contributed by atoms with van der Waals surface area (Å²) in [7, 11) is 1.87. The molecule has 1 unspecified atom stereocenters. The van der Waals surface area contributed by atoms with E-state index >= 15 is 0 Å². The minimum atomic E-state index is -0.899. The fourth-order valence-electron chi connectivity index (χ4n) is 1.79. The first-order valence-corrected chi connectivity index (χ1v) is 5.30. The van der Waals surface area contributed by atoms with Crippen molar-refractivity contribution in [2.75, 3.05) is 14.2 Å². The van der Waals surface area contributed by atoms with Crippen LogP contribution in [0.15, 0.2) is 18.2 Å². The van der Waals surface area contributed by atoms with Gasteiger partial charge in [0.1, 0.15) is 5.75 Å². The number of aldehydes is 1. The van der Waals surface area contributed by atoms with Gasteiger partial charge in [0, 0.05) is 7.11 Å². The van der Waals surface area contributed by atoms with Gasteiger partial charge in [-0.1, -0.05) is 12.1 Å². The molecular formula is C11H16BNO4. The molecule has 1 atom stereocenters. The van der Waals surface area contributed by atoms with E-state index in [0.29, 0.717) is 17.7 Å². The first kappa shape index (κ1) is 13.7. The number of fused-ring (bicyclic) bond motifs is 1. The highest BCUT2D eigenvalue weighted by molar-refractivity contribution is 6.46. The summed E-state index contributed by atoms with van der Waals surface area (Å²) < 4.78 is 5.32. The number of aliphatic hydroxyl groups excluding tert-OH is 1. The maximum absolute atomic E-state index is 10.8. The van der Waals surface area contributed by atoms with Gasteiger partial charge in [0.15, 0.2) is 6.29 Å². The molecule has 0 amide bonds. The van der Waals surface area contributed by atoms with Crippen LogP contribution in [0.1, 0.15) is 15.9 Å². The Balaban J connectivity index is 0.000000686. The lowest BCUT2D eigenvalue weighted by atomic mass is 9.72. The van der Waals surface area contributed by atoms with Crippen LogP contribution >= 0.6 is 0 Å². The molecule has 0 fully saturated rings. The molecule has 1 aromatic rings. The van der Waals surface area contributed by atoms with Crippen LogP contribution in [0.5, 0.6) is 5.75 Å². The molecule has 5 nitrogen and oxygen atoms in total. The van der Waals surface area contributed by atoms with Gasteiger partial charge < -0.3 is 20.1 Å². The number of likely N-dealkylation sites (N-methyl/N-ethyl adjacent to an activating group) is 1. The van der Waals surface area contributed by atoms with E-state index in [1.54, 1.807) is 13.1 Å². The molecule has 1 aliphatic heterocycles. The van der Waals surface area contributed by atoms with Crippen LogP contribution in [-0.2, 0) is 6.42 Å². The third-order valence-corrected chi connectivity index (χ3v) is 2.65. The Morgan fingerprint density at radius 2 is 2.24 bits per heavy atom. The number of carbonyl (C=O) groups excluding carboxylic acids is 1. The molecule has 1 heterocycles. The average Bonchev–Trinajstić information content (AvgIpc) is 2.39. The van der Waals surface area contributed by atoms with Crippen molar-refractivity contribution in [2.24, 2.45) is 0 Å². The van der Waals surface area contributed by atoms with E-state index in [9.17, 15) is 9.82 Å². The maximum Gasteiger partial charge on any atom is 0.541 e. The molecule has 0 radical (unpaired) electrons. The summed E-state index contributed by atoms with van der Waals surface area (Å²) in [6, 6.07) is 5.40. The van der Waals surface area contributed by atoms with Gasteiger partial charge in [-0.15, -0.1) is 0 Å². The molecule has 0 bridgehead atoms. The predicted octanol–water partition coefficient (Wildman–Crippen LogP) is -0.350. The molecule has 1 aliphatic rings. The van der Waals surface area contributed by atoms with Crippen molar-refractivity contribution in [1.29, 1.82) is 0 Å². The zero-order valence-electron chi connectivity index (χ0n) is 9.88. The topological polar surface area (TPSA) is 78.8 Å². The Hall–Kier alpha value is -1.37. The Morgan fingerprint density at radius 1 is 1.53 bits per heavy atom. The number of benzene rings is 1. The summed E-state index contributed by atoms with van der Waals surface area (Å²) in [5, 5.41) is 19.6. The van der Waals surface area contributed by atoms with E-state index in [1.165, 1.54) is 0 Å². The molecule has 0 aliphatic carbocycles. The van der Waals surface area contributed by atoms with Crippen LogP contribution in [0.2, 0.25) is 0 Å². The van der Waals surface area contributed by atoms with Crippen LogP contribution < -0.4 is 9.97 Å². The number of nitrogens with one attached hydrogen (secondary N) is 1. The fraction of sp³-hybridized carbons (Fsp3) is 0.364. The summed E-state index contributed by atoms with van der Waals surface area (Å²) in [4.78, 5) is 10.8. The molecule has 2 rings (SSSR count). The fourth-order valence-corrected chi connectivity index (χ4v) is 1.79. The number of rotatable bonds is 2. The van der Waals surface area contributed by atoms with E-state index < -0.39 is 7.12 Å². The highest BCUT2D eigenvalue weighted by Gasteiger charge is 2.34. The van der Waals surface area contributed by atoms with Gasteiger partial charge in [0.05, 0.1) is 11.5 Å². The standard InChI is InChI=1S/C10H12BNO3.CH4O/c1-12-9-5-7-3-2-4-8(6-13)10(7)15-11(9)14;1-2/h2-4,6,9,12,14H,5H2,1H3;2H,1H3. The highest BCUT2D eigenvalue weighted by Crippen LogP contribution is 2.28. The van der Waals surface area contributed by atoms with Crippen LogP contribution in [-0.4, -0.2) is 43.6 Å². The summed E-state index contributed by atoms with van der Waals surface area (Å²) in [5.41, 5.74) is 1.44. The number of hydrogen-bond acceptors (Lipinski definition) is 5. The second kappa shape index (κ2) is 6.39. The monoisotopic (exact) mass is 237 g/mol. The minimum Gasteiger partial charge on any atom is -0.534 e. The van der Waals surface area contributed by atoms with Gasteiger partial charge in [-0.3, -0.25) is 4.79 Å². The van der Waals surface area contributed by atoms with E-state index in [0.717, 1.165) is 19.0 Å². The van der Waals surface area contributed by atoms with E-state index in [-0.39, 0.29) is 5.94 Å². The smallest absolute Gasteiger partial charge is 0.534 e. The van der Waals surface area contributed by atoms with Crippen molar-refractivity contribution >= 4 is 13.4 Å². The third-order valence-electron chi connectivity index (χ3n) is 2.65. The third kappa shape index (κ3) is 2.85. The molecule has 92 valence electrons. The van der Waals surface area contributed by atoms with E-state index in [4.69, 9.17) is 9.76 Å². The van der Waals surface area contributed by atoms with Gasteiger partial charge in [-0.2, -0.15) is 0 Å². The van der Waals surface area contributed by atoms with Crippen LogP contribution in [0.25, 0.3) is 0 Å². The Kier molecular flexibility index (Phi) is 5.15. The van der Waals surface area contributed by atoms with Crippen LogP contribution in [0.3, 0.4) is 0 Å². The maximum atomic E-state index is 10.8. The summed E-state index contributed by atoms with van der Waals surface area (Å²) >= 11 is 0. The second-order valence-corrected chi connectivity index (χ2v) is 3.56.